The molecule has 1 saturated heterocycles. The minimum Gasteiger partial charge on any atom is -0.340 e. The second-order valence-electron chi connectivity index (χ2n) is 6.82. The lowest BCUT2D eigenvalue weighted by Gasteiger charge is -2.34. The lowest BCUT2D eigenvalue weighted by atomic mass is 10.2. The lowest BCUT2D eigenvalue weighted by Crippen LogP contribution is -2.46. The number of hydrogen-bond donors (Lipinski definition) is 2. The number of fused-ring (bicyclic) bond motifs is 1. The SMILES string of the molecule is CCN1CCN(c2nc3c(c(Nc4cccc(C)c4)n2)CNC3)CC1. The third kappa shape index (κ3) is 3.45. The fourth-order valence-corrected chi connectivity index (χ4v) is 3.52. The molecule has 2 N–H and O–H groups in total. The zero-order valence-corrected chi connectivity index (χ0v) is 15.0. The van der Waals surface area contributed by atoms with Gasteiger partial charge < -0.3 is 20.4 Å². The number of hydrogen-bond acceptors (Lipinski definition) is 6. The summed E-state index contributed by atoms with van der Waals surface area (Å²) in [6, 6.07) is 8.41. The van der Waals surface area contributed by atoms with Gasteiger partial charge in [0.25, 0.3) is 0 Å². The Morgan fingerprint density at radius 1 is 1.12 bits per heavy atom. The second kappa shape index (κ2) is 6.98. The van der Waals surface area contributed by atoms with Crippen molar-refractivity contribution in [3.63, 3.8) is 0 Å². The van der Waals surface area contributed by atoms with Gasteiger partial charge in [-0.05, 0) is 31.2 Å². The lowest BCUT2D eigenvalue weighted by molar-refractivity contribution is 0.270. The summed E-state index contributed by atoms with van der Waals surface area (Å²) in [5, 5.41) is 6.92. The monoisotopic (exact) mass is 338 g/mol. The third-order valence-corrected chi connectivity index (χ3v) is 5.06. The zero-order chi connectivity index (χ0) is 17.2. The molecule has 2 aliphatic rings. The van der Waals surface area contributed by atoms with Crippen LogP contribution in [0.2, 0.25) is 0 Å². The molecule has 0 amide bonds. The van der Waals surface area contributed by atoms with Gasteiger partial charge in [-0.2, -0.15) is 4.98 Å². The summed E-state index contributed by atoms with van der Waals surface area (Å²) in [6.07, 6.45) is 0. The number of piperazine rings is 1. The van der Waals surface area contributed by atoms with Gasteiger partial charge in [0, 0.05) is 50.5 Å². The predicted molar refractivity (Wildman–Crippen MR) is 101 cm³/mol. The standard InChI is InChI=1S/C19H26N6/c1-3-24-7-9-25(10-8-24)19-22-17-13-20-12-16(17)18(23-19)21-15-6-4-5-14(2)11-15/h4-6,11,20H,3,7-10,12-13H2,1-2H3,(H,21,22,23). The summed E-state index contributed by atoms with van der Waals surface area (Å²) in [5.74, 6) is 1.79. The maximum Gasteiger partial charge on any atom is 0.227 e. The van der Waals surface area contributed by atoms with Crippen LogP contribution in [0.4, 0.5) is 17.5 Å². The Morgan fingerprint density at radius 2 is 1.96 bits per heavy atom. The van der Waals surface area contributed by atoms with E-state index in [0.717, 1.165) is 69.0 Å². The van der Waals surface area contributed by atoms with E-state index < -0.39 is 0 Å². The Morgan fingerprint density at radius 3 is 2.72 bits per heavy atom. The zero-order valence-electron chi connectivity index (χ0n) is 15.0. The molecule has 6 heteroatoms. The Hall–Kier alpha value is -2.18. The predicted octanol–water partition coefficient (Wildman–Crippen LogP) is 2.27. The molecule has 6 nitrogen and oxygen atoms in total. The van der Waals surface area contributed by atoms with Crippen LogP contribution in [0.3, 0.4) is 0 Å². The average Bonchev–Trinajstić information content (AvgIpc) is 3.11. The molecule has 2 aromatic rings. The fraction of sp³-hybridized carbons (Fsp3) is 0.474. The molecule has 4 rings (SSSR count). The summed E-state index contributed by atoms with van der Waals surface area (Å²) in [7, 11) is 0. The molecule has 1 fully saturated rings. The van der Waals surface area contributed by atoms with Crippen LogP contribution in [-0.4, -0.2) is 47.6 Å². The molecule has 25 heavy (non-hydrogen) atoms. The van der Waals surface area contributed by atoms with E-state index in [2.05, 4.69) is 58.5 Å². The van der Waals surface area contributed by atoms with Gasteiger partial charge in [-0.1, -0.05) is 19.1 Å². The number of likely N-dealkylation sites (N-methyl/N-ethyl adjacent to an activating group) is 1. The summed E-state index contributed by atoms with van der Waals surface area (Å²) in [4.78, 5) is 14.5. The number of nitrogens with zero attached hydrogens (tertiary/aromatic N) is 4. The summed E-state index contributed by atoms with van der Waals surface area (Å²) < 4.78 is 0. The molecule has 132 valence electrons. The summed E-state index contributed by atoms with van der Waals surface area (Å²) in [6.45, 7) is 11.2. The highest BCUT2D eigenvalue weighted by atomic mass is 15.3. The Labute approximate surface area is 149 Å². The molecule has 0 bridgehead atoms. The maximum absolute atomic E-state index is 4.89. The van der Waals surface area contributed by atoms with Crippen molar-refractivity contribution < 1.29 is 0 Å². The second-order valence-corrected chi connectivity index (χ2v) is 6.82. The van der Waals surface area contributed by atoms with Crippen LogP contribution in [0.1, 0.15) is 23.7 Å². The van der Waals surface area contributed by atoms with Crippen molar-refractivity contribution in [2.24, 2.45) is 0 Å². The highest BCUT2D eigenvalue weighted by molar-refractivity contribution is 5.63. The van der Waals surface area contributed by atoms with Crippen molar-refractivity contribution in [1.29, 1.82) is 0 Å². The van der Waals surface area contributed by atoms with E-state index in [9.17, 15) is 0 Å². The number of benzene rings is 1. The Bertz CT molecular complexity index is 752. The average molecular weight is 338 g/mol. The van der Waals surface area contributed by atoms with Crippen LogP contribution >= 0.6 is 0 Å². The Kier molecular flexibility index (Phi) is 4.55. The van der Waals surface area contributed by atoms with E-state index in [4.69, 9.17) is 9.97 Å². The van der Waals surface area contributed by atoms with Crippen LogP contribution in [-0.2, 0) is 13.1 Å². The molecule has 0 saturated carbocycles. The molecule has 1 aromatic heterocycles. The van der Waals surface area contributed by atoms with E-state index in [1.54, 1.807) is 0 Å². The molecule has 2 aliphatic heterocycles. The van der Waals surface area contributed by atoms with Crippen LogP contribution in [0.15, 0.2) is 24.3 Å². The summed E-state index contributed by atoms with van der Waals surface area (Å²) >= 11 is 0. The number of aryl methyl sites for hydroxylation is 1. The van der Waals surface area contributed by atoms with Gasteiger partial charge in [-0.15, -0.1) is 0 Å². The molecule has 0 atom stereocenters. The molecule has 0 radical (unpaired) electrons. The third-order valence-electron chi connectivity index (χ3n) is 5.06. The molecule has 1 aromatic carbocycles. The molecule has 3 heterocycles. The van der Waals surface area contributed by atoms with Crippen molar-refractivity contribution in [3.8, 4) is 0 Å². The topological polar surface area (TPSA) is 56.3 Å². The molecule has 0 unspecified atom stereocenters. The van der Waals surface area contributed by atoms with E-state index in [1.807, 2.05) is 0 Å². The van der Waals surface area contributed by atoms with Gasteiger partial charge in [0.05, 0.1) is 5.69 Å². The molecular formula is C19H26N6. The van der Waals surface area contributed by atoms with Crippen LogP contribution in [0.5, 0.6) is 0 Å². The van der Waals surface area contributed by atoms with E-state index in [0.29, 0.717) is 0 Å². The normalized spacial score (nSPS) is 17.6. The van der Waals surface area contributed by atoms with Crippen molar-refractivity contribution in [2.45, 2.75) is 26.9 Å². The first kappa shape index (κ1) is 16.3. The molecular weight excluding hydrogens is 312 g/mol. The van der Waals surface area contributed by atoms with E-state index in [1.165, 1.54) is 11.1 Å². The van der Waals surface area contributed by atoms with Gasteiger partial charge in [0.1, 0.15) is 5.82 Å². The highest BCUT2D eigenvalue weighted by Gasteiger charge is 2.23. The van der Waals surface area contributed by atoms with Gasteiger partial charge >= 0.3 is 0 Å². The first-order chi connectivity index (χ1) is 12.2. The minimum atomic E-state index is 0.822. The van der Waals surface area contributed by atoms with E-state index >= 15 is 0 Å². The van der Waals surface area contributed by atoms with E-state index in [-0.39, 0.29) is 0 Å². The first-order valence-corrected chi connectivity index (χ1v) is 9.14. The largest absolute Gasteiger partial charge is 0.340 e. The van der Waals surface area contributed by atoms with Crippen LogP contribution in [0, 0.1) is 6.92 Å². The van der Waals surface area contributed by atoms with Crippen LogP contribution in [0.25, 0.3) is 0 Å². The fourth-order valence-electron chi connectivity index (χ4n) is 3.52. The summed E-state index contributed by atoms with van der Waals surface area (Å²) in [5.41, 5.74) is 4.63. The van der Waals surface area contributed by atoms with Gasteiger partial charge in [0.15, 0.2) is 0 Å². The van der Waals surface area contributed by atoms with Crippen molar-refractivity contribution >= 4 is 17.5 Å². The van der Waals surface area contributed by atoms with Crippen molar-refractivity contribution in [3.05, 3.63) is 41.1 Å². The first-order valence-electron chi connectivity index (χ1n) is 9.14. The highest BCUT2D eigenvalue weighted by Crippen LogP contribution is 2.27. The Balaban J connectivity index is 1.61. The number of nitrogens with one attached hydrogen (secondary N) is 2. The maximum atomic E-state index is 4.89. The molecule has 0 spiro atoms. The van der Waals surface area contributed by atoms with Gasteiger partial charge in [0.2, 0.25) is 5.95 Å². The number of anilines is 3. The molecule has 0 aliphatic carbocycles. The minimum absolute atomic E-state index is 0.822. The van der Waals surface area contributed by atoms with Gasteiger partial charge in [-0.3, -0.25) is 0 Å². The van der Waals surface area contributed by atoms with Crippen molar-refractivity contribution in [1.82, 2.24) is 20.2 Å². The smallest absolute Gasteiger partial charge is 0.227 e. The quantitative estimate of drug-likeness (QED) is 0.892. The van der Waals surface area contributed by atoms with Gasteiger partial charge in [-0.25, -0.2) is 4.98 Å². The van der Waals surface area contributed by atoms with Crippen molar-refractivity contribution in [2.75, 3.05) is 42.9 Å². The van der Waals surface area contributed by atoms with Crippen LogP contribution < -0.4 is 15.5 Å². The number of rotatable bonds is 4. The number of aromatic nitrogens is 2.